The van der Waals surface area contributed by atoms with Crippen molar-refractivity contribution in [3.05, 3.63) is 0 Å². The summed E-state index contributed by atoms with van der Waals surface area (Å²) in [5.74, 6) is -1.07. The maximum absolute atomic E-state index is 11.8. The summed E-state index contributed by atoms with van der Waals surface area (Å²) in [6.07, 6.45) is 2.96. The third-order valence-electron chi connectivity index (χ3n) is 4.17. The molecule has 6 heteroatoms. The van der Waals surface area contributed by atoms with Gasteiger partial charge in [0.15, 0.2) is 0 Å². The van der Waals surface area contributed by atoms with Crippen molar-refractivity contribution in [2.24, 2.45) is 5.92 Å². The van der Waals surface area contributed by atoms with Crippen LogP contribution in [-0.2, 0) is 4.79 Å². The van der Waals surface area contributed by atoms with Crippen LogP contribution in [0.15, 0.2) is 0 Å². The number of carboxylic acid groups (broad SMARTS) is 1. The number of carbonyl (C=O) groups is 2. The van der Waals surface area contributed by atoms with Crippen molar-refractivity contribution in [3.63, 3.8) is 0 Å². The molecule has 0 aliphatic carbocycles. The van der Waals surface area contributed by atoms with E-state index in [4.69, 9.17) is 5.11 Å². The van der Waals surface area contributed by atoms with Crippen LogP contribution in [0.4, 0.5) is 4.79 Å². The van der Waals surface area contributed by atoms with Crippen LogP contribution in [0.3, 0.4) is 0 Å². The fourth-order valence-electron chi connectivity index (χ4n) is 2.63. The minimum Gasteiger partial charge on any atom is -0.480 e. The molecular weight excluding hydrogens is 258 g/mol. The number of likely N-dealkylation sites (N-methyl/N-ethyl adjacent to an activating group) is 1. The van der Waals surface area contributed by atoms with Crippen molar-refractivity contribution in [1.29, 1.82) is 0 Å². The number of rotatable bonds is 7. The van der Waals surface area contributed by atoms with Crippen molar-refractivity contribution in [1.82, 2.24) is 15.5 Å². The molecule has 0 bridgehead atoms. The molecule has 0 aromatic carbocycles. The number of hydrogen-bond acceptors (Lipinski definition) is 3. The third-order valence-corrected chi connectivity index (χ3v) is 4.17. The van der Waals surface area contributed by atoms with Crippen molar-refractivity contribution in [2.45, 2.75) is 52.1 Å². The van der Waals surface area contributed by atoms with Crippen molar-refractivity contribution in [3.8, 4) is 0 Å². The lowest BCUT2D eigenvalue weighted by Gasteiger charge is -2.24. The normalized spacial score (nSPS) is 22.2. The van der Waals surface area contributed by atoms with Crippen LogP contribution >= 0.6 is 0 Å². The van der Waals surface area contributed by atoms with Crippen LogP contribution in [-0.4, -0.2) is 53.7 Å². The van der Waals surface area contributed by atoms with Crippen LogP contribution in [0.1, 0.15) is 40.0 Å². The topological polar surface area (TPSA) is 81.7 Å². The summed E-state index contributed by atoms with van der Waals surface area (Å²) in [6.45, 7) is 8.49. The van der Waals surface area contributed by atoms with E-state index in [2.05, 4.69) is 22.5 Å². The first kappa shape index (κ1) is 16.8. The summed E-state index contributed by atoms with van der Waals surface area (Å²) in [5, 5.41) is 14.5. The van der Waals surface area contributed by atoms with E-state index in [1.807, 2.05) is 13.8 Å². The van der Waals surface area contributed by atoms with Crippen LogP contribution in [0.2, 0.25) is 0 Å². The fraction of sp³-hybridized carbons (Fsp3) is 0.857. The summed E-state index contributed by atoms with van der Waals surface area (Å²) in [7, 11) is 0. The van der Waals surface area contributed by atoms with E-state index < -0.39 is 12.0 Å². The van der Waals surface area contributed by atoms with Crippen molar-refractivity contribution >= 4 is 12.0 Å². The summed E-state index contributed by atoms with van der Waals surface area (Å²) < 4.78 is 0. The Hall–Kier alpha value is -1.30. The van der Waals surface area contributed by atoms with Gasteiger partial charge in [-0.2, -0.15) is 0 Å². The first-order valence-electron chi connectivity index (χ1n) is 7.50. The maximum atomic E-state index is 11.8. The average molecular weight is 285 g/mol. The molecule has 0 aromatic rings. The van der Waals surface area contributed by atoms with E-state index in [1.165, 1.54) is 0 Å². The maximum Gasteiger partial charge on any atom is 0.326 e. The first-order chi connectivity index (χ1) is 9.49. The van der Waals surface area contributed by atoms with Gasteiger partial charge in [-0.3, -0.25) is 4.90 Å². The molecule has 3 N–H and O–H groups in total. The van der Waals surface area contributed by atoms with E-state index in [9.17, 15) is 9.59 Å². The first-order valence-corrected chi connectivity index (χ1v) is 7.50. The van der Waals surface area contributed by atoms with E-state index >= 15 is 0 Å². The van der Waals surface area contributed by atoms with Gasteiger partial charge in [0.1, 0.15) is 6.04 Å². The highest BCUT2D eigenvalue weighted by molar-refractivity contribution is 5.82. The van der Waals surface area contributed by atoms with Gasteiger partial charge in [-0.15, -0.1) is 0 Å². The van der Waals surface area contributed by atoms with Gasteiger partial charge in [-0.05, 0) is 31.8 Å². The minimum atomic E-state index is -0.981. The van der Waals surface area contributed by atoms with Crippen LogP contribution in [0.5, 0.6) is 0 Å². The molecule has 1 saturated heterocycles. The molecule has 2 amide bonds. The van der Waals surface area contributed by atoms with Gasteiger partial charge >= 0.3 is 12.0 Å². The molecule has 1 heterocycles. The lowest BCUT2D eigenvalue weighted by Crippen LogP contribution is -2.51. The molecule has 1 unspecified atom stereocenters. The molecule has 1 fully saturated rings. The summed E-state index contributed by atoms with van der Waals surface area (Å²) >= 11 is 0. The number of likely N-dealkylation sites (tertiary alicyclic amines) is 1. The standard InChI is InChI=1S/C14H27N3O3/c1-4-10(3)12(13(18)19)16-14(20)15-9-11-7-6-8-17(11)5-2/h10-12H,4-9H2,1-3H3,(H,18,19)(H2,15,16,20)/t10-,11?,12-/m0/s1. The summed E-state index contributed by atoms with van der Waals surface area (Å²) in [6, 6.07) is -0.843. The molecular formula is C14H27N3O3. The number of nitrogens with zero attached hydrogens (tertiary/aromatic N) is 1. The second kappa shape index (κ2) is 8.09. The second-order valence-corrected chi connectivity index (χ2v) is 5.48. The number of carbonyl (C=O) groups excluding carboxylic acids is 1. The van der Waals surface area contributed by atoms with E-state index in [0.29, 0.717) is 19.0 Å². The molecule has 1 aliphatic rings. The smallest absolute Gasteiger partial charge is 0.326 e. The lowest BCUT2D eigenvalue weighted by atomic mass is 9.99. The molecule has 20 heavy (non-hydrogen) atoms. The van der Waals surface area contributed by atoms with Gasteiger partial charge < -0.3 is 15.7 Å². The predicted molar refractivity (Wildman–Crippen MR) is 77.7 cm³/mol. The zero-order valence-electron chi connectivity index (χ0n) is 12.7. The highest BCUT2D eigenvalue weighted by Gasteiger charge is 2.27. The van der Waals surface area contributed by atoms with E-state index in [-0.39, 0.29) is 11.9 Å². The molecule has 0 radical (unpaired) electrons. The van der Waals surface area contributed by atoms with Crippen molar-refractivity contribution < 1.29 is 14.7 Å². The Kier molecular flexibility index (Phi) is 6.78. The minimum absolute atomic E-state index is 0.0862. The Bertz CT molecular complexity index is 336. The molecule has 6 nitrogen and oxygen atoms in total. The Morgan fingerprint density at radius 2 is 2.10 bits per heavy atom. The molecule has 0 spiro atoms. The number of carboxylic acids is 1. The van der Waals surface area contributed by atoms with Gasteiger partial charge in [0.25, 0.3) is 0 Å². The van der Waals surface area contributed by atoms with Crippen LogP contribution in [0.25, 0.3) is 0 Å². The molecule has 0 saturated carbocycles. The summed E-state index contributed by atoms with van der Waals surface area (Å²) in [5.41, 5.74) is 0. The number of nitrogens with one attached hydrogen (secondary N) is 2. The molecule has 3 atom stereocenters. The van der Waals surface area contributed by atoms with Gasteiger partial charge in [0.2, 0.25) is 0 Å². The fourth-order valence-corrected chi connectivity index (χ4v) is 2.63. The Labute approximate surface area is 120 Å². The number of urea groups is 1. The quantitative estimate of drug-likeness (QED) is 0.658. The monoisotopic (exact) mass is 285 g/mol. The highest BCUT2D eigenvalue weighted by Crippen LogP contribution is 2.15. The Morgan fingerprint density at radius 3 is 2.65 bits per heavy atom. The number of amides is 2. The highest BCUT2D eigenvalue weighted by atomic mass is 16.4. The molecule has 1 aliphatic heterocycles. The molecule has 0 aromatic heterocycles. The number of aliphatic carboxylic acids is 1. The van der Waals surface area contributed by atoms with Crippen LogP contribution < -0.4 is 10.6 Å². The zero-order chi connectivity index (χ0) is 15.1. The number of hydrogen-bond donors (Lipinski definition) is 3. The second-order valence-electron chi connectivity index (χ2n) is 5.48. The largest absolute Gasteiger partial charge is 0.480 e. The SMILES string of the molecule is CC[C@H](C)[C@H](NC(=O)NCC1CCCN1CC)C(=O)O. The lowest BCUT2D eigenvalue weighted by molar-refractivity contribution is -0.140. The third kappa shape index (κ3) is 4.67. The van der Waals surface area contributed by atoms with Gasteiger partial charge in [-0.25, -0.2) is 9.59 Å². The molecule has 116 valence electrons. The Morgan fingerprint density at radius 1 is 1.40 bits per heavy atom. The predicted octanol–water partition coefficient (Wildman–Crippen LogP) is 1.27. The van der Waals surface area contributed by atoms with E-state index in [1.54, 1.807) is 0 Å². The van der Waals surface area contributed by atoms with Gasteiger partial charge in [-0.1, -0.05) is 27.2 Å². The van der Waals surface area contributed by atoms with E-state index in [0.717, 1.165) is 25.9 Å². The average Bonchev–Trinajstić information content (AvgIpc) is 2.88. The Balaban J connectivity index is 2.40. The van der Waals surface area contributed by atoms with Crippen LogP contribution in [0, 0.1) is 5.92 Å². The van der Waals surface area contributed by atoms with Crippen molar-refractivity contribution in [2.75, 3.05) is 19.6 Å². The zero-order valence-corrected chi connectivity index (χ0v) is 12.7. The van der Waals surface area contributed by atoms with Gasteiger partial charge in [0, 0.05) is 12.6 Å². The van der Waals surface area contributed by atoms with Gasteiger partial charge in [0.05, 0.1) is 0 Å². The summed E-state index contributed by atoms with van der Waals surface area (Å²) in [4.78, 5) is 25.3. The molecule has 1 rings (SSSR count).